The summed E-state index contributed by atoms with van der Waals surface area (Å²) in [5, 5.41) is 4.10. The summed E-state index contributed by atoms with van der Waals surface area (Å²) in [7, 11) is 2.09. The van der Waals surface area contributed by atoms with E-state index in [0.717, 1.165) is 11.5 Å². The minimum atomic E-state index is -0.720. The number of benzene rings is 2. The predicted octanol–water partition coefficient (Wildman–Crippen LogP) is 8.26. The van der Waals surface area contributed by atoms with Crippen molar-refractivity contribution in [3.8, 4) is 11.5 Å². The van der Waals surface area contributed by atoms with Gasteiger partial charge in [-0.2, -0.15) is 0 Å². The van der Waals surface area contributed by atoms with Crippen LogP contribution in [0.25, 0.3) is 0 Å². The Hall–Kier alpha value is -0.438. The molecule has 0 heterocycles. The van der Waals surface area contributed by atoms with Gasteiger partial charge in [0.1, 0.15) is 10.6 Å². The second-order valence-corrected chi connectivity index (χ2v) is 21.7. The molecule has 0 fully saturated rings. The van der Waals surface area contributed by atoms with Crippen LogP contribution in [0.4, 0.5) is 0 Å². The summed E-state index contributed by atoms with van der Waals surface area (Å²) < 4.78 is 11.1. The van der Waals surface area contributed by atoms with Gasteiger partial charge in [-0.25, -0.2) is 0 Å². The van der Waals surface area contributed by atoms with Crippen LogP contribution in [0.2, 0.25) is 0 Å². The maximum absolute atomic E-state index is 5.54. The SMILES string of the molecule is COc1ccccc1[PH+](C(C)(C)C)C(C)(C)C.COc1ccccc1[PH+](C(C)(C)C)C(C)(C)C.[Pd]. The first-order valence-corrected chi connectivity index (χ1v) is 15.4. The third kappa shape index (κ3) is 10.1. The largest absolute Gasteiger partial charge is 0.493 e. The summed E-state index contributed by atoms with van der Waals surface area (Å²) in [5.41, 5.74) is 0. The Balaban J connectivity index is 0.000000642. The van der Waals surface area contributed by atoms with Crippen LogP contribution in [0.3, 0.4) is 0 Å². The van der Waals surface area contributed by atoms with Crippen molar-refractivity contribution < 1.29 is 29.9 Å². The van der Waals surface area contributed by atoms with E-state index < -0.39 is 15.8 Å². The van der Waals surface area contributed by atoms with E-state index in [1.54, 1.807) is 14.2 Å². The summed E-state index contributed by atoms with van der Waals surface area (Å²) in [4.78, 5) is 0. The molecule has 2 nitrogen and oxygen atoms in total. The Morgan fingerprint density at radius 2 is 0.686 bits per heavy atom. The van der Waals surface area contributed by atoms with Gasteiger partial charge in [0, 0.05) is 36.3 Å². The number of rotatable bonds is 4. The zero-order chi connectivity index (χ0) is 26.5. The first-order chi connectivity index (χ1) is 15.4. The molecule has 0 unspecified atom stereocenters. The topological polar surface area (TPSA) is 18.5 Å². The summed E-state index contributed by atoms with van der Waals surface area (Å²) in [6.45, 7) is 28.2. The third-order valence-corrected chi connectivity index (χ3v) is 13.7. The van der Waals surface area contributed by atoms with Crippen LogP contribution in [-0.2, 0) is 20.4 Å². The fourth-order valence-electron chi connectivity index (χ4n) is 5.57. The van der Waals surface area contributed by atoms with Crippen LogP contribution in [0.5, 0.6) is 11.5 Å². The van der Waals surface area contributed by atoms with Gasteiger partial charge < -0.3 is 9.47 Å². The van der Waals surface area contributed by atoms with E-state index in [-0.39, 0.29) is 20.4 Å². The minimum Gasteiger partial charge on any atom is -0.493 e. The van der Waals surface area contributed by atoms with Crippen molar-refractivity contribution in [3.63, 3.8) is 0 Å². The molecule has 0 amide bonds. The van der Waals surface area contributed by atoms with E-state index in [2.05, 4.69) is 119 Å². The molecule has 5 heteroatoms. The van der Waals surface area contributed by atoms with E-state index in [0.29, 0.717) is 20.6 Å². The second kappa shape index (κ2) is 13.4. The van der Waals surface area contributed by atoms with Crippen molar-refractivity contribution in [1.29, 1.82) is 0 Å². The molecule has 2 aromatic carbocycles. The number of hydrogen-bond acceptors (Lipinski definition) is 2. The molecule has 0 aliphatic rings. The van der Waals surface area contributed by atoms with Crippen LogP contribution in [0.1, 0.15) is 83.1 Å². The van der Waals surface area contributed by atoms with E-state index in [9.17, 15) is 0 Å². The van der Waals surface area contributed by atoms with Crippen LogP contribution < -0.4 is 20.1 Å². The summed E-state index contributed by atoms with van der Waals surface area (Å²) >= 11 is 0. The normalized spacial score (nSPS) is 12.6. The molecule has 2 aromatic rings. The van der Waals surface area contributed by atoms with E-state index in [1.807, 2.05) is 12.1 Å². The zero-order valence-electron chi connectivity index (χ0n) is 24.8. The molecule has 35 heavy (non-hydrogen) atoms. The number of hydrogen-bond donors (Lipinski definition) is 0. The number of para-hydroxylation sites is 2. The average molecular weight is 613 g/mol. The van der Waals surface area contributed by atoms with Crippen molar-refractivity contribution in [2.24, 2.45) is 0 Å². The molecule has 0 bridgehead atoms. The van der Waals surface area contributed by atoms with Gasteiger partial charge in [-0.3, -0.25) is 0 Å². The van der Waals surface area contributed by atoms with E-state index >= 15 is 0 Å². The predicted molar refractivity (Wildman–Crippen MR) is 161 cm³/mol. The van der Waals surface area contributed by atoms with Crippen molar-refractivity contribution in [2.45, 2.75) is 104 Å². The molecule has 2 rings (SSSR count). The van der Waals surface area contributed by atoms with Gasteiger partial charge in [0.05, 0.1) is 34.8 Å². The molecule has 0 saturated carbocycles. The minimum absolute atomic E-state index is 0. The first-order valence-electron chi connectivity index (χ1n) is 12.4. The van der Waals surface area contributed by atoms with Gasteiger partial charge in [0.2, 0.25) is 0 Å². The van der Waals surface area contributed by atoms with E-state index in [1.165, 1.54) is 10.6 Å². The Labute approximate surface area is 233 Å². The Bertz CT molecular complexity index is 797. The Kier molecular flexibility index (Phi) is 13.2. The summed E-state index contributed by atoms with van der Waals surface area (Å²) in [6, 6.07) is 17.0. The van der Waals surface area contributed by atoms with Gasteiger partial charge in [0.25, 0.3) is 0 Å². The molecule has 0 atom stereocenters. The van der Waals surface area contributed by atoms with Gasteiger partial charge >= 0.3 is 0 Å². The molecule has 0 saturated heterocycles. The van der Waals surface area contributed by atoms with Gasteiger partial charge in [0.15, 0.2) is 11.5 Å². The summed E-state index contributed by atoms with van der Waals surface area (Å²) in [6.07, 6.45) is 0. The molecular formula is C30H52O2P2Pd+2. The number of methoxy groups -OCH3 is 2. The van der Waals surface area contributed by atoms with Crippen LogP contribution in [0, 0.1) is 0 Å². The maximum Gasteiger partial charge on any atom is 0.160 e. The van der Waals surface area contributed by atoms with Gasteiger partial charge in [-0.05, 0) is 107 Å². The van der Waals surface area contributed by atoms with Gasteiger partial charge in [-0.1, -0.05) is 24.3 Å². The first kappa shape index (κ1) is 34.6. The van der Waals surface area contributed by atoms with Crippen molar-refractivity contribution >= 4 is 26.5 Å². The second-order valence-electron chi connectivity index (χ2n) is 13.2. The summed E-state index contributed by atoms with van der Waals surface area (Å²) in [5.74, 6) is 2.09. The fourth-order valence-corrected chi connectivity index (χ4v) is 14.7. The average Bonchev–Trinajstić information content (AvgIpc) is 2.65. The fraction of sp³-hybridized carbons (Fsp3) is 0.600. The smallest absolute Gasteiger partial charge is 0.160 e. The van der Waals surface area contributed by atoms with Crippen molar-refractivity contribution in [3.05, 3.63) is 48.5 Å². The maximum atomic E-state index is 5.54. The standard InChI is InChI=1S/2C15H25OP.Pd/c2*1-14(2,3)17(15(4,5)6)13-11-9-8-10-12(13)16-7;/h2*8-11H,1-7H3;/p+2. The quantitative estimate of drug-likeness (QED) is 0.256. The van der Waals surface area contributed by atoms with Crippen LogP contribution in [0.15, 0.2) is 48.5 Å². The molecule has 0 spiro atoms. The van der Waals surface area contributed by atoms with Gasteiger partial charge in [-0.15, -0.1) is 0 Å². The zero-order valence-corrected chi connectivity index (χ0v) is 28.3. The third-order valence-electron chi connectivity index (χ3n) is 5.75. The molecule has 0 radical (unpaired) electrons. The Morgan fingerprint density at radius 3 is 0.886 bits per heavy atom. The van der Waals surface area contributed by atoms with Crippen molar-refractivity contribution in [1.82, 2.24) is 0 Å². The molecule has 202 valence electrons. The Morgan fingerprint density at radius 1 is 0.457 bits per heavy atom. The van der Waals surface area contributed by atoms with Crippen LogP contribution in [-0.4, -0.2) is 34.8 Å². The molecular weight excluding hydrogens is 561 g/mol. The van der Waals surface area contributed by atoms with E-state index in [4.69, 9.17) is 9.47 Å². The monoisotopic (exact) mass is 612 g/mol. The molecule has 0 aliphatic carbocycles. The number of ether oxygens (including phenoxy) is 2. The molecule has 0 aliphatic heterocycles. The van der Waals surface area contributed by atoms with Crippen molar-refractivity contribution in [2.75, 3.05) is 14.2 Å². The molecule has 0 N–H and O–H groups in total. The molecule has 0 aromatic heterocycles. The van der Waals surface area contributed by atoms with Crippen LogP contribution >= 0.6 is 15.8 Å².